The van der Waals surface area contributed by atoms with Crippen LogP contribution in [0.1, 0.15) is 36.7 Å². The Morgan fingerprint density at radius 1 is 1.03 bits per heavy atom. The average molecular weight is 471 g/mol. The van der Waals surface area contributed by atoms with E-state index in [-0.39, 0.29) is 36.4 Å². The summed E-state index contributed by atoms with van der Waals surface area (Å²) in [5.74, 6) is 0.357. The van der Waals surface area contributed by atoms with Crippen molar-refractivity contribution in [2.24, 2.45) is 0 Å². The van der Waals surface area contributed by atoms with Gasteiger partial charge in [-0.25, -0.2) is 4.98 Å². The molecule has 1 aliphatic rings. The summed E-state index contributed by atoms with van der Waals surface area (Å²) < 4.78 is 3.32. The first-order chi connectivity index (χ1) is 17.1. The lowest BCUT2D eigenvalue weighted by atomic mass is 10.2. The molecule has 178 valence electrons. The minimum absolute atomic E-state index is 0.0278. The number of anilines is 1. The predicted molar refractivity (Wildman–Crippen MR) is 132 cm³/mol. The van der Waals surface area contributed by atoms with Gasteiger partial charge in [-0.3, -0.25) is 23.6 Å². The molecule has 0 bridgehead atoms. The number of para-hydroxylation sites is 1. The Hall–Kier alpha value is -4.27. The van der Waals surface area contributed by atoms with E-state index in [2.05, 4.69) is 20.7 Å². The SMILES string of the molecule is O=C(CCc1nc2ccccc2c(=O)n1C1CC1)NCc1cccc(NC(=O)Cn2cccn2)c1. The van der Waals surface area contributed by atoms with Crippen molar-refractivity contribution >= 4 is 28.4 Å². The van der Waals surface area contributed by atoms with Gasteiger partial charge in [-0.2, -0.15) is 5.10 Å². The fourth-order valence-corrected chi connectivity index (χ4v) is 4.09. The lowest BCUT2D eigenvalue weighted by Gasteiger charge is -2.13. The third kappa shape index (κ3) is 5.46. The topological polar surface area (TPSA) is 111 Å². The number of hydrogen-bond donors (Lipinski definition) is 2. The van der Waals surface area contributed by atoms with Gasteiger partial charge >= 0.3 is 0 Å². The maximum atomic E-state index is 13.0. The minimum atomic E-state index is -0.181. The number of aryl methyl sites for hydroxylation is 1. The van der Waals surface area contributed by atoms with E-state index in [1.807, 2.05) is 36.4 Å². The van der Waals surface area contributed by atoms with Gasteiger partial charge < -0.3 is 10.6 Å². The van der Waals surface area contributed by atoms with Crippen molar-refractivity contribution in [1.82, 2.24) is 24.6 Å². The highest BCUT2D eigenvalue weighted by Gasteiger charge is 2.28. The Bertz CT molecular complexity index is 1420. The van der Waals surface area contributed by atoms with Gasteiger partial charge in [0.1, 0.15) is 12.4 Å². The number of aromatic nitrogens is 4. The number of hydrogen-bond acceptors (Lipinski definition) is 5. The molecule has 1 fully saturated rings. The first-order valence-corrected chi connectivity index (χ1v) is 11.7. The van der Waals surface area contributed by atoms with Gasteiger partial charge in [0.25, 0.3) is 5.56 Å². The summed E-state index contributed by atoms with van der Waals surface area (Å²) in [7, 11) is 0. The van der Waals surface area contributed by atoms with Crippen LogP contribution in [0.5, 0.6) is 0 Å². The molecule has 2 aromatic heterocycles. The molecule has 2 N–H and O–H groups in total. The van der Waals surface area contributed by atoms with E-state index >= 15 is 0 Å². The first kappa shape index (κ1) is 22.5. The van der Waals surface area contributed by atoms with Crippen molar-refractivity contribution in [1.29, 1.82) is 0 Å². The zero-order chi connectivity index (χ0) is 24.2. The second kappa shape index (κ2) is 9.92. The van der Waals surface area contributed by atoms with E-state index in [0.717, 1.165) is 18.4 Å². The van der Waals surface area contributed by atoms with Crippen LogP contribution in [0.4, 0.5) is 5.69 Å². The van der Waals surface area contributed by atoms with Gasteiger partial charge in [0.2, 0.25) is 11.8 Å². The van der Waals surface area contributed by atoms with Gasteiger partial charge in [0.05, 0.1) is 10.9 Å². The van der Waals surface area contributed by atoms with Crippen LogP contribution in [-0.4, -0.2) is 31.1 Å². The summed E-state index contributed by atoms with van der Waals surface area (Å²) in [6.07, 6.45) is 5.91. The minimum Gasteiger partial charge on any atom is -0.352 e. The molecule has 2 aromatic carbocycles. The van der Waals surface area contributed by atoms with Crippen LogP contribution in [0, 0.1) is 0 Å². The molecule has 0 radical (unpaired) electrons. The summed E-state index contributed by atoms with van der Waals surface area (Å²) in [5, 5.41) is 10.4. The fourth-order valence-electron chi connectivity index (χ4n) is 4.09. The molecule has 9 nitrogen and oxygen atoms in total. The number of amides is 2. The number of nitrogens with zero attached hydrogens (tertiary/aromatic N) is 4. The second-order valence-electron chi connectivity index (χ2n) is 8.68. The number of rotatable bonds is 9. The van der Waals surface area contributed by atoms with Crippen molar-refractivity contribution in [3.05, 3.63) is 88.7 Å². The number of carbonyl (C=O) groups is 2. The Balaban J connectivity index is 1.18. The molecule has 4 aromatic rings. The highest BCUT2D eigenvalue weighted by Crippen LogP contribution is 2.34. The Morgan fingerprint density at radius 2 is 1.89 bits per heavy atom. The predicted octanol–water partition coefficient (Wildman–Crippen LogP) is 2.82. The van der Waals surface area contributed by atoms with E-state index < -0.39 is 0 Å². The van der Waals surface area contributed by atoms with E-state index in [1.54, 1.807) is 39.8 Å². The summed E-state index contributed by atoms with van der Waals surface area (Å²) >= 11 is 0. The van der Waals surface area contributed by atoms with Crippen LogP contribution in [-0.2, 0) is 29.1 Å². The fraction of sp³-hybridized carbons (Fsp3) is 0.269. The third-order valence-electron chi connectivity index (χ3n) is 5.93. The molecule has 1 saturated carbocycles. The first-order valence-electron chi connectivity index (χ1n) is 11.7. The smallest absolute Gasteiger partial charge is 0.261 e. The standard InChI is InChI=1S/C26H26N6O3/c33-24(12-11-23-30-22-8-2-1-7-21(22)26(35)32(23)20-9-10-20)27-16-18-5-3-6-19(15-18)29-25(34)17-31-14-4-13-28-31/h1-8,13-15,20H,9-12,16-17H2,(H,27,33)(H,29,34). The number of benzene rings is 2. The summed E-state index contributed by atoms with van der Waals surface area (Å²) in [6.45, 7) is 0.463. The Labute approximate surface area is 201 Å². The summed E-state index contributed by atoms with van der Waals surface area (Å²) in [5.41, 5.74) is 2.16. The Kier molecular flexibility index (Phi) is 6.38. The van der Waals surface area contributed by atoms with Gasteiger partial charge in [0, 0.05) is 43.5 Å². The van der Waals surface area contributed by atoms with Crippen LogP contribution < -0.4 is 16.2 Å². The molecule has 2 heterocycles. The van der Waals surface area contributed by atoms with Gasteiger partial charge in [-0.1, -0.05) is 24.3 Å². The van der Waals surface area contributed by atoms with Crippen molar-refractivity contribution in [3.63, 3.8) is 0 Å². The molecule has 5 rings (SSSR count). The monoisotopic (exact) mass is 470 g/mol. The van der Waals surface area contributed by atoms with E-state index in [9.17, 15) is 14.4 Å². The lowest BCUT2D eigenvalue weighted by Crippen LogP contribution is -2.27. The highest BCUT2D eigenvalue weighted by atomic mass is 16.2. The maximum Gasteiger partial charge on any atom is 0.261 e. The van der Waals surface area contributed by atoms with Crippen molar-refractivity contribution in [3.8, 4) is 0 Å². The molecule has 0 aliphatic heterocycles. The van der Waals surface area contributed by atoms with Crippen LogP contribution in [0.25, 0.3) is 10.9 Å². The molecule has 1 aliphatic carbocycles. The number of fused-ring (bicyclic) bond motifs is 1. The van der Waals surface area contributed by atoms with Crippen LogP contribution in [0.3, 0.4) is 0 Å². The van der Waals surface area contributed by atoms with Crippen molar-refractivity contribution in [2.75, 3.05) is 5.32 Å². The zero-order valence-corrected chi connectivity index (χ0v) is 19.2. The molecule has 2 amide bonds. The number of nitrogens with one attached hydrogen (secondary N) is 2. The zero-order valence-electron chi connectivity index (χ0n) is 19.2. The molecule has 0 saturated heterocycles. The van der Waals surface area contributed by atoms with Crippen LogP contribution >= 0.6 is 0 Å². The molecule has 35 heavy (non-hydrogen) atoms. The van der Waals surface area contributed by atoms with Crippen molar-refractivity contribution in [2.45, 2.75) is 44.8 Å². The lowest BCUT2D eigenvalue weighted by molar-refractivity contribution is -0.121. The molecule has 0 unspecified atom stereocenters. The van der Waals surface area contributed by atoms with Crippen LogP contribution in [0.2, 0.25) is 0 Å². The third-order valence-corrected chi connectivity index (χ3v) is 5.93. The molecular weight excluding hydrogens is 444 g/mol. The van der Waals surface area contributed by atoms with Gasteiger partial charge in [-0.15, -0.1) is 0 Å². The quantitative estimate of drug-likeness (QED) is 0.391. The van der Waals surface area contributed by atoms with Crippen molar-refractivity contribution < 1.29 is 9.59 Å². The van der Waals surface area contributed by atoms with E-state index in [1.165, 1.54) is 0 Å². The molecule has 0 atom stereocenters. The summed E-state index contributed by atoms with van der Waals surface area (Å²) in [4.78, 5) is 42.4. The highest BCUT2D eigenvalue weighted by molar-refractivity contribution is 5.90. The molecular formula is C26H26N6O3. The molecule has 0 spiro atoms. The van der Waals surface area contributed by atoms with Gasteiger partial charge in [-0.05, 0) is 48.7 Å². The Morgan fingerprint density at radius 3 is 2.69 bits per heavy atom. The van der Waals surface area contributed by atoms with E-state index in [4.69, 9.17) is 0 Å². The van der Waals surface area contributed by atoms with E-state index in [0.29, 0.717) is 35.4 Å². The number of carbonyl (C=O) groups excluding carboxylic acids is 2. The largest absolute Gasteiger partial charge is 0.352 e. The summed E-state index contributed by atoms with van der Waals surface area (Å²) in [6, 6.07) is 16.6. The second-order valence-corrected chi connectivity index (χ2v) is 8.68. The normalized spacial score (nSPS) is 13.0. The van der Waals surface area contributed by atoms with Crippen LogP contribution in [0.15, 0.2) is 71.8 Å². The average Bonchev–Trinajstić information content (AvgIpc) is 3.56. The maximum absolute atomic E-state index is 13.0. The van der Waals surface area contributed by atoms with Gasteiger partial charge in [0.15, 0.2) is 0 Å². The molecule has 9 heteroatoms.